The molecular weight excluding hydrogens is 441 g/mol. The molecule has 4 rings (SSSR count). The van der Waals surface area contributed by atoms with Gasteiger partial charge in [-0.2, -0.15) is 0 Å². The van der Waals surface area contributed by atoms with Crippen molar-refractivity contribution in [3.63, 3.8) is 0 Å². The van der Waals surface area contributed by atoms with Gasteiger partial charge in [0.1, 0.15) is 12.4 Å². The molecule has 0 N–H and O–H groups in total. The molecule has 7 heteroatoms. The summed E-state index contributed by atoms with van der Waals surface area (Å²) in [6.07, 6.45) is 7.47. The molecule has 1 aliphatic heterocycles. The normalized spacial score (nSPS) is 18.2. The molecule has 174 valence electrons. The van der Waals surface area contributed by atoms with Crippen molar-refractivity contribution in [2.45, 2.75) is 45.6 Å². The van der Waals surface area contributed by atoms with Gasteiger partial charge < -0.3 is 9.47 Å². The summed E-state index contributed by atoms with van der Waals surface area (Å²) in [5.41, 5.74) is 1.47. The van der Waals surface area contributed by atoms with Crippen molar-refractivity contribution in [1.82, 2.24) is 4.90 Å². The van der Waals surface area contributed by atoms with E-state index in [9.17, 15) is 14.0 Å². The van der Waals surface area contributed by atoms with Crippen LogP contribution in [0.25, 0.3) is 6.08 Å². The Morgan fingerprint density at radius 3 is 2.64 bits per heavy atom. The van der Waals surface area contributed by atoms with Crippen LogP contribution in [0.5, 0.6) is 11.5 Å². The Kier molecular flexibility index (Phi) is 7.70. The molecule has 1 saturated carbocycles. The summed E-state index contributed by atoms with van der Waals surface area (Å²) in [6.45, 7) is 3.04. The van der Waals surface area contributed by atoms with Crippen LogP contribution in [0.4, 0.5) is 9.18 Å². The molecule has 2 amide bonds. The minimum absolute atomic E-state index is 0.197. The van der Waals surface area contributed by atoms with Crippen molar-refractivity contribution < 1.29 is 23.5 Å². The number of ether oxygens (including phenoxy) is 2. The van der Waals surface area contributed by atoms with E-state index in [0.29, 0.717) is 41.0 Å². The van der Waals surface area contributed by atoms with Crippen LogP contribution >= 0.6 is 11.8 Å². The Morgan fingerprint density at radius 2 is 1.88 bits per heavy atom. The lowest BCUT2D eigenvalue weighted by Gasteiger charge is -2.25. The molecule has 1 saturated heterocycles. The van der Waals surface area contributed by atoms with Crippen LogP contribution in [-0.2, 0) is 11.4 Å². The zero-order chi connectivity index (χ0) is 23.2. The van der Waals surface area contributed by atoms with Crippen LogP contribution in [0.2, 0.25) is 0 Å². The number of halogens is 1. The molecule has 0 spiro atoms. The van der Waals surface area contributed by atoms with E-state index in [0.717, 1.165) is 30.2 Å². The van der Waals surface area contributed by atoms with E-state index in [-0.39, 0.29) is 23.6 Å². The summed E-state index contributed by atoms with van der Waals surface area (Å²) < 4.78 is 25.0. The maximum Gasteiger partial charge on any atom is 0.293 e. The lowest BCUT2D eigenvalue weighted by Crippen LogP contribution is -2.34. The van der Waals surface area contributed by atoms with Crippen molar-refractivity contribution in [3.8, 4) is 11.5 Å². The van der Waals surface area contributed by atoms with E-state index in [1.54, 1.807) is 30.3 Å². The zero-order valence-electron chi connectivity index (χ0n) is 18.7. The maximum atomic E-state index is 13.4. The Hall–Kier alpha value is -2.80. The molecule has 5 nitrogen and oxygen atoms in total. The Labute approximate surface area is 197 Å². The van der Waals surface area contributed by atoms with Crippen molar-refractivity contribution >= 4 is 29.0 Å². The van der Waals surface area contributed by atoms with E-state index in [4.69, 9.17) is 9.47 Å². The molecule has 2 aromatic rings. The Morgan fingerprint density at radius 1 is 1.06 bits per heavy atom. The molecule has 0 unspecified atom stereocenters. The van der Waals surface area contributed by atoms with Crippen molar-refractivity contribution in [2.75, 3.05) is 13.2 Å². The van der Waals surface area contributed by atoms with Gasteiger partial charge in [-0.3, -0.25) is 14.5 Å². The van der Waals surface area contributed by atoms with Crippen LogP contribution in [0.1, 0.15) is 50.2 Å². The summed E-state index contributed by atoms with van der Waals surface area (Å²) in [7, 11) is 0. The summed E-state index contributed by atoms with van der Waals surface area (Å²) in [4.78, 5) is 27.2. The van der Waals surface area contributed by atoms with E-state index < -0.39 is 0 Å². The zero-order valence-corrected chi connectivity index (χ0v) is 19.5. The lowest BCUT2D eigenvalue weighted by molar-refractivity contribution is -0.123. The van der Waals surface area contributed by atoms with Crippen LogP contribution in [-0.4, -0.2) is 29.2 Å². The number of rotatable bonds is 8. The van der Waals surface area contributed by atoms with Crippen LogP contribution in [0, 0.1) is 11.7 Å². The fourth-order valence-electron chi connectivity index (χ4n) is 4.23. The van der Waals surface area contributed by atoms with E-state index >= 15 is 0 Å². The first-order chi connectivity index (χ1) is 16.0. The third-order valence-corrected chi connectivity index (χ3v) is 6.80. The summed E-state index contributed by atoms with van der Waals surface area (Å²) in [6, 6.07) is 11.6. The molecule has 0 aromatic heterocycles. The molecule has 0 radical (unpaired) electrons. The van der Waals surface area contributed by atoms with Gasteiger partial charge in [0, 0.05) is 6.54 Å². The SMILES string of the molecule is CCOc1cc(/C=C2/SC(=O)N(CC3CCCCC3)C2=O)ccc1OCc1cccc(F)c1. The van der Waals surface area contributed by atoms with Gasteiger partial charge in [-0.05, 0) is 78.9 Å². The fraction of sp³-hybridized carbons (Fsp3) is 0.385. The standard InChI is InChI=1S/C26H28FNO4S/c1-2-31-23-14-19(11-12-22(23)32-17-20-9-6-10-21(27)13-20)15-24-25(29)28(26(30)33-24)16-18-7-4-3-5-8-18/h6,9-15,18H,2-5,7-8,16-17H2,1H3/b24-15+. The second kappa shape index (κ2) is 10.9. The van der Waals surface area contributed by atoms with Gasteiger partial charge in [-0.1, -0.05) is 37.5 Å². The van der Waals surface area contributed by atoms with Crippen molar-refractivity contribution in [3.05, 3.63) is 64.3 Å². The number of carbonyl (C=O) groups is 2. The largest absolute Gasteiger partial charge is 0.490 e. The van der Waals surface area contributed by atoms with Crippen LogP contribution in [0.3, 0.4) is 0 Å². The third kappa shape index (κ3) is 5.96. The van der Waals surface area contributed by atoms with Gasteiger partial charge in [0.25, 0.3) is 11.1 Å². The quantitative estimate of drug-likeness (QED) is 0.418. The van der Waals surface area contributed by atoms with E-state index in [1.807, 2.05) is 13.0 Å². The first-order valence-corrected chi connectivity index (χ1v) is 12.2. The monoisotopic (exact) mass is 469 g/mol. The van der Waals surface area contributed by atoms with Crippen molar-refractivity contribution in [1.29, 1.82) is 0 Å². The highest BCUT2D eigenvalue weighted by Gasteiger charge is 2.36. The molecule has 0 atom stereocenters. The Balaban J connectivity index is 1.47. The lowest BCUT2D eigenvalue weighted by atomic mass is 9.89. The highest BCUT2D eigenvalue weighted by Crippen LogP contribution is 2.36. The van der Waals surface area contributed by atoms with Crippen LogP contribution < -0.4 is 9.47 Å². The van der Waals surface area contributed by atoms with Gasteiger partial charge in [-0.15, -0.1) is 0 Å². The molecule has 2 fully saturated rings. The second-order valence-corrected chi connectivity index (χ2v) is 9.35. The van der Waals surface area contributed by atoms with Gasteiger partial charge >= 0.3 is 0 Å². The molecule has 1 heterocycles. The number of hydrogen-bond donors (Lipinski definition) is 0. The summed E-state index contributed by atoms with van der Waals surface area (Å²) in [5.74, 6) is 0.937. The number of carbonyl (C=O) groups excluding carboxylic acids is 2. The van der Waals surface area contributed by atoms with E-state index in [1.165, 1.54) is 36.3 Å². The highest BCUT2D eigenvalue weighted by molar-refractivity contribution is 8.18. The topological polar surface area (TPSA) is 55.8 Å². The third-order valence-electron chi connectivity index (χ3n) is 5.89. The molecule has 2 aromatic carbocycles. The maximum absolute atomic E-state index is 13.4. The molecule has 0 bridgehead atoms. The highest BCUT2D eigenvalue weighted by atomic mass is 32.2. The number of imide groups is 1. The minimum atomic E-state index is -0.311. The average Bonchev–Trinajstić information content (AvgIpc) is 3.07. The van der Waals surface area contributed by atoms with E-state index in [2.05, 4.69) is 0 Å². The molecular formula is C26H28FNO4S. The van der Waals surface area contributed by atoms with Gasteiger partial charge in [0.05, 0.1) is 11.5 Å². The minimum Gasteiger partial charge on any atom is -0.490 e. The fourth-order valence-corrected chi connectivity index (χ4v) is 5.07. The predicted molar refractivity (Wildman–Crippen MR) is 128 cm³/mol. The Bertz CT molecular complexity index is 1050. The molecule has 2 aliphatic rings. The first kappa shape index (κ1) is 23.4. The molecule has 33 heavy (non-hydrogen) atoms. The number of thioether (sulfide) groups is 1. The van der Waals surface area contributed by atoms with Crippen LogP contribution in [0.15, 0.2) is 47.4 Å². The second-order valence-electron chi connectivity index (χ2n) is 8.35. The summed E-state index contributed by atoms with van der Waals surface area (Å²) in [5, 5.41) is -0.197. The number of amides is 2. The number of nitrogens with zero attached hydrogens (tertiary/aromatic N) is 1. The first-order valence-electron chi connectivity index (χ1n) is 11.4. The molecule has 1 aliphatic carbocycles. The number of benzene rings is 2. The van der Waals surface area contributed by atoms with Gasteiger partial charge in [-0.25, -0.2) is 4.39 Å². The summed E-state index contributed by atoms with van der Waals surface area (Å²) >= 11 is 0.988. The average molecular weight is 470 g/mol. The van der Waals surface area contributed by atoms with Crippen molar-refractivity contribution in [2.24, 2.45) is 5.92 Å². The predicted octanol–water partition coefficient (Wildman–Crippen LogP) is 6.42. The smallest absolute Gasteiger partial charge is 0.293 e. The number of hydrogen-bond acceptors (Lipinski definition) is 5. The van der Waals surface area contributed by atoms with Gasteiger partial charge in [0.15, 0.2) is 11.5 Å². The van der Waals surface area contributed by atoms with Gasteiger partial charge in [0.2, 0.25) is 0 Å².